The smallest absolute Gasteiger partial charge is 0.0132 e. The zero-order valence-electron chi connectivity index (χ0n) is 20.4. The van der Waals surface area contributed by atoms with Crippen molar-refractivity contribution in [3.05, 3.63) is 120 Å². The van der Waals surface area contributed by atoms with E-state index in [0.717, 1.165) is 0 Å². The molecule has 0 aromatic heterocycles. The zero-order valence-corrected chi connectivity index (χ0v) is 20.4. The van der Waals surface area contributed by atoms with Crippen LogP contribution in [-0.2, 0) is 10.8 Å². The highest BCUT2D eigenvalue weighted by Gasteiger charge is 2.18. The largest absolute Gasteiger partial charge is 0.0622 e. The zero-order chi connectivity index (χ0) is 23.2. The molecule has 0 nitrogen and oxygen atoms in total. The van der Waals surface area contributed by atoms with E-state index in [1.54, 1.807) is 0 Å². The van der Waals surface area contributed by atoms with Crippen molar-refractivity contribution in [2.75, 3.05) is 0 Å². The van der Waals surface area contributed by atoms with E-state index in [9.17, 15) is 0 Å². The Hall–Kier alpha value is -3.12. The summed E-state index contributed by atoms with van der Waals surface area (Å²) >= 11 is 0. The summed E-state index contributed by atoms with van der Waals surface area (Å²) in [5, 5.41) is 0. The lowest BCUT2D eigenvalue weighted by atomic mass is 9.81. The highest BCUT2D eigenvalue weighted by atomic mass is 14.2. The van der Waals surface area contributed by atoms with Gasteiger partial charge in [0.05, 0.1) is 0 Å². The van der Waals surface area contributed by atoms with E-state index < -0.39 is 0 Å². The lowest BCUT2D eigenvalue weighted by Gasteiger charge is -2.24. The SMILES string of the molecule is CC(C)(C)c1cccc(C(C)(C)C)c1.c1ccc(-c2cccc(-c3ccccc3)c2)cc1. The Kier molecular flexibility index (Phi) is 7.36. The number of benzene rings is 4. The van der Waals surface area contributed by atoms with Crippen LogP contribution in [-0.4, -0.2) is 0 Å². The van der Waals surface area contributed by atoms with Gasteiger partial charge in [-0.15, -0.1) is 0 Å². The molecule has 0 aliphatic heterocycles. The normalized spacial score (nSPS) is 11.4. The summed E-state index contributed by atoms with van der Waals surface area (Å²) < 4.78 is 0. The van der Waals surface area contributed by atoms with Gasteiger partial charge in [-0.3, -0.25) is 0 Å². The van der Waals surface area contributed by atoms with Gasteiger partial charge >= 0.3 is 0 Å². The molecule has 0 bridgehead atoms. The van der Waals surface area contributed by atoms with Crippen molar-refractivity contribution >= 4 is 0 Å². The first-order valence-corrected chi connectivity index (χ1v) is 11.5. The minimum absolute atomic E-state index is 0.251. The second-order valence-corrected chi connectivity index (χ2v) is 10.4. The Morgan fingerprint density at radius 1 is 0.344 bits per heavy atom. The molecule has 0 saturated heterocycles. The summed E-state index contributed by atoms with van der Waals surface area (Å²) in [5.41, 5.74) is 8.39. The fourth-order valence-electron chi connectivity index (χ4n) is 3.59. The van der Waals surface area contributed by atoms with E-state index in [4.69, 9.17) is 0 Å². The summed E-state index contributed by atoms with van der Waals surface area (Å²) in [6.07, 6.45) is 0. The Labute approximate surface area is 195 Å². The molecule has 0 heterocycles. The van der Waals surface area contributed by atoms with Crippen LogP contribution < -0.4 is 0 Å². The summed E-state index contributed by atoms with van der Waals surface area (Å²) in [7, 11) is 0. The van der Waals surface area contributed by atoms with Crippen LogP contribution >= 0.6 is 0 Å². The summed E-state index contributed by atoms with van der Waals surface area (Å²) in [6.45, 7) is 13.6. The maximum Gasteiger partial charge on any atom is -0.0132 e. The van der Waals surface area contributed by atoms with Gasteiger partial charge in [0.25, 0.3) is 0 Å². The van der Waals surface area contributed by atoms with Gasteiger partial charge < -0.3 is 0 Å². The van der Waals surface area contributed by atoms with E-state index in [1.165, 1.54) is 33.4 Å². The van der Waals surface area contributed by atoms with Crippen molar-refractivity contribution < 1.29 is 0 Å². The first-order chi connectivity index (χ1) is 15.1. The molecule has 0 fully saturated rings. The minimum Gasteiger partial charge on any atom is -0.0622 e. The van der Waals surface area contributed by atoms with Crippen LogP contribution in [0.5, 0.6) is 0 Å². The summed E-state index contributed by atoms with van der Waals surface area (Å²) in [5.74, 6) is 0. The van der Waals surface area contributed by atoms with E-state index in [0.29, 0.717) is 0 Å². The van der Waals surface area contributed by atoms with Gasteiger partial charge in [-0.2, -0.15) is 0 Å². The number of rotatable bonds is 2. The van der Waals surface area contributed by atoms with Gasteiger partial charge in [0.1, 0.15) is 0 Å². The minimum atomic E-state index is 0.251. The summed E-state index contributed by atoms with van der Waals surface area (Å²) in [6, 6.07) is 38.6. The van der Waals surface area contributed by atoms with Gasteiger partial charge in [0.2, 0.25) is 0 Å². The average molecular weight is 421 g/mol. The van der Waals surface area contributed by atoms with Crippen LogP contribution in [0, 0.1) is 0 Å². The quantitative estimate of drug-likeness (QED) is 0.303. The molecule has 0 aliphatic carbocycles. The first-order valence-electron chi connectivity index (χ1n) is 11.5. The molecular weight excluding hydrogens is 384 g/mol. The molecule has 0 aliphatic rings. The second-order valence-electron chi connectivity index (χ2n) is 10.4. The first kappa shape index (κ1) is 23.5. The third-order valence-electron chi connectivity index (χ3n) is 5.67. The molecule has 0 spiro atoms. The highest BCUT2D eigenvalue weighted by molar-refractivity contribution is 5.72. The number of hydrogen-bond acceptors (Lipinski definition) is 0. The standard InChI is InChI=1S/C18H14.C14H22/c1-3-8-15(9-4-1)17-12-7-13-18(14-17)16-10-5-2-6-11-16;1-13(2,3)11-8-7-9-12(10-11)14(4,5)6/h1-14H;7-10H,1-6H3. The Morgan fingerprint density at radius 3 is 1.06 bits per heavy atom. The Morgan fingerprint density at radius 2 is 0.688 bits per heavy atom. The van der Waals surface area contributed by atoms with Gasteiger partial charge in [0, 0.05) is 0 Å². The van der Waals surface area contributed by atoms with Gasteiger partial charge in [-0.25, -0.2) is 0 Å². The third kappa shape index (κ3) is 6.44. The lowest BCUT2D eigenvalue weighted by Crippen LogP contribution is -2.15. The molecule has 0 saturated carbocycles. The third-order valence-corrected chi connectivity index (χ3v) is 5.67. The fraction of sp³-hybridized carbons (Fsp3) is 0.250. The monoisotopic (exact) mass is 420 g/mol. The molecule has 4 rings (SSSR count). The molecule has 32 heavy (non-hydrogen) atoms. The fourth-order valence-corrected chi connectivity index (χ4v) is 3.59. The van der Waals surface area contributed by atoms with Crippen LogP contribution in [0.4, 0.5) is 0 Å². The molecular formula is C32H36. The van der Waals surface area contributed by atoms with Crippen LogP contribution in [0.1, 0.15) is 52.7 Å². The van der Waals surface area contributed by atoms with Crippen molar-refractivity contribution in [2.45, 2.75) is 52.4 Å². The molecule has 4 aromatic rings. The average Bonchev–Trinajstić information content (AvgIpc) is 2.80. The predicted molar refractivity (Wildman–Crippen MR) is 141 cm³/mol. The van der Waals surface area contributed by atoms with Crippen LogP contribution in [0.2, 0.25) is 0 Å². The van der Waals surface area contributed by atoms with E-state index in [2.05, 4.69) is 139 Å². The van der Waals surface area contributed by atoms with Crippen molar-refractivity contribution in [1.82, 2.24) is 0 Å². The topological polar surface area (TPSA) is 0 Å². The van der Waals surface area contributed by atoms with Crippen LogP contribution in [0.15, 0.2) is 109 Å². The molecule has 0 N–H and O–H groups in total. The van der Waals surface area contributed by atoms with Gasteiger partial charge in [-0.1, -0.05) is 145 Å². The lowest BCUT2D eigenvalue weighted by molar-refractivity contribution is 0.568. The maximum absolute atomic E-state index is 2.33. The second kappa shape index (κ2) is 10.0. The van der Waals surface area contributed by atoms with E-state index in [-0.39, 0.29) is 10.8 Å². The van der Waals surface area contributed by atoms with Crippen molar-refractivity contribution in [3.63, 3.8) is 0 Å². The highest BCUT2D eigenvalue weighted by Crippen LogP contribution is 2.28. The maximum atomic E-state index is 2.33. The van der Waals surface area contributed by atoms with E-state index in [1.807, 2.05) is 12.1 Å². The number of hydrogen-bond donors (Lipinski definition) is 0. The van der Waals surface area contributed by atoms with Crippen LogP contribution in [0.25, 0.3) is 22.3 Å². The summed E-state index contributed by atoms with van der Waals surface area (Å²) in [4.78, 5) is 0. The van der Waals surface area contributed by atoms with Crippen LogP contribution in [0.3, 0.4) is 0 Å². The molecule has 0 atom stereocenters. The Bertz CT molecular complexity index is 1020. The van der Waals surface area contributed by atoms with Gasteiger partial charge in [-0.05, 0) is 50.3 Å². The van der Waals surface area contributed by atoms with E-state index >= 15 is 0 Å². The Balaban J connectivity index is 0.000000188. The van der Waals surface area contributed by atoms with Gasteiger partial charge in [0.15, 0.2) is 0 Å². The van der Waals surface area contributed by atoms with Crippen molar-refractivity contribution in [2.24, 2.45) is 0 Å². The molecule has 0 unspecified atom stereocenters. The molecule has 164 valence electrons. The molecule has 0 amide bonds. The van der Waals surface area contributed by atoms with Crippen molar-refractivity contribution in [3.8, 4) is 22.3 Å². The molecule has 4 aromatic carbocycles. The molecule has 0 radical (unpaired) electrons. The molecule has 0 heteroatoms. The predicted octanol–water partition coefficient (Wildman–Crippen LogP) is 9.30. The van der Waals surface area contributed by atoms with Crippen molar-refractivity contribution in [1.29, 1.82) is 0 Å².